The lowest BCUT2D eigenvalue weighted by molar-refractivity contribution is 0.0899. The molecule has 0 fully saturated rings. The fraction of sp³-hybridized carbons (Fsp3) is 0.412. The number of rotatable bonds is 6. The van der Waals surface area contributed by atoms with Crippen LogP contribution in [0.2, 0.25) is 30.7 Å². The van der Waals surface area contributed by atoms with Crippen LogP contribution in [-0.2, 0) is 11.5 Å². The zero-order valence-electron chi connectivity index (χ0n) is 14.5. The average molecular weight is 380 g/mol. The Morgan fingerprint density at radius 1 is 1.29 bits per heavy atom. The van der Waals surface area contributed by atoms with E-state index >= 15 is 0 Å². The highest BCUT2D eigenvalue weighted by Crippen LogP contribution is 2.36. The molecule has 0 saturated heterocycles. The van der Waals surface area contributed by atoms with Crippen LogP contribution in [-0.4, -0.2) is 29.2 Å². The molecule has 0 aliphatic rings. The summed E-state index contributed by atoms with van der Waals surface area (Å²) in [6.07, 6.45) is 5.67. The lowest BCUT2D eigenvalue weighted by atomic mass is 10.2. The quantitative estimate of drug-likeness (QED) is 0.423. The molecule has 4 nitrogen and oxygen atoms in total. The summed E-state index contributed by atoms with van der Waals surface area (Å²) < 4.78 is 7.92. The number of hydrogen-bond acceptors (Lipinski definition) is 4. The molecule has 7 heteroatoms. The maximum absolute atomic E-state index is 6.44. The van der Waals surface area contributed by atoms with Crippen molar-refractivity contribution in [2.45, 2.75) is 39.3 Å². The number of hydrogen-bond donors (Lipinski definition) is 0. The van der Waals surface area contributed by atoms with E-state index in [1.165, 1.54) is 4.88 Å². The summed E-state index contributed by atoms with van der Waals surface area (Å²) in [5.41, 5.74) is 1.87. The summed E-state index contributed by atoms with van der Waals surface area (Å²) in [7, 11) is -1.08. The lowest BCUT2D eigenvalue weighted by Gasteiger charge is -2.15. The molecule has 0 unspecified atom stereocenters. The van der Waals surface area contributed by atoms with Gasteiger partial charge in [0.25, 0.3) is 0 Å². The molecular weight excluding hydrogens is 358 g/mol. The van der Waals surface area contributed by atoms with Crippen molar-refractivity contribution in [3.63, 3.8) is 0 Å². The van der Waals surface area contributed by atoms with Crippen LogP contribution in [0.25, 0.3) is 21.6 Å². The van der Waals surface area contributed by atoms with Gasteiger partial charge < -0.3 is 9.30 Å². The number of aryl methyl sites for hydroxylation is 1. The molecule has 0 N–H and O–H groups in total. The second-order valence-corrected chi connectivity index (χ2v) is 14.4. The third-order valence-corrected chi connectivity index (χ3v) is 6.75. The summed E-state index contributed by atoms with van der Waals surface area (Å²) in [5.74, 6) is 0. The Hall–Kier alpha value is -1.21. The molecule has 0 saturated carbocycles. The zero-order valence-corrected chi connectivity index (χ0v) is 17.0. The van der Waals surface area contributed by atoms with E-state index in [-0.39, 0.29) is 0 Å². The van der Waals surface area contributed by atoms with Crippen LogP contribution in [0.5, 0.6) is 0 Å². The number of thiazole rings is 1. The van der Waals surface area contributed by atoms with Gasteiger partial charge in [0.1, 0.15) is 17.4 Å². The second kappa shape index (κ2) is 6.96. The first-order chi connectivity index (χ1) is 11.3. The average Bonchev–Trinajstić information content (AvgIpc) is 3.07. The maximum Gasteiger partial charge on any atom is 0.143 e. The first-order valence-electron chi connectivity index (χ1n) is 7.99. The highest BCUT2D eigenvalue weighted by atomic mass is 35.5. The topological polar surface area (TPSA) is 39.9 Å². The Morgan fingerprint density at radius 3 is 2.75 bits per heavy atom. The van der Waals surface area contributed by atoms with Gasteiger partial charge in [0.05, 0.1) is 5.02 Å². The Balaban J connectivity index is 1.90. The highest BCUT2D eigenvalue weighted by Gasteiger charge is 2.17. The standard InChI is InChI=1S/C17H22ClN3OSSi/c1-12-9-20-17(23-12)13-10-21(11-22-7-8-24(2,3)4)16-15(13)14(18)5-6-19-16/h5-6,9-10H,7-8,11H2,1-4H3. The van der Waals surface area contributed by atoms with Crippen LogP contribution in [0.1, 0.15) is 4.88 Å². The molecule has 0 radical (unpaired) electrons. The molecule has 3 rings (SSSR count). The van der Waals surface area contributed by atoms with Gasteiger partial charge >= 0.3 is 0 Å². The van der Waals surface area contributed by atoms with Crippen LogP contribution in [0.3, 0.4) is 0 Å². The van der Waals surface area contributed by atoms with Gasteiger partial charge in [-0.25, -0.2) is 9.97 Å². The van der Waals surface area contributed by atoms with Crippen molar-refractivity contribution in [3.05, 3.63) is 34.6 Å². The van der Waals surface area contributed by atoms with E-state index in [2.05, 4.69) is 42.7 Å². The van der Waals surface area contributed by atoms with Crippen LogP contribution >= 0.6 is 22.9 Å². The van der Waals surface area contributed by atoms with Crippen molar-refractivity contribution >= 4 is 42.0 Å². The summed E-state index contributed by atoms with van der Waals surface area (Å²) in [4.78, 5) is 10.2. The third kappa shape index (κ3) is 3.88. The first-order valence-corrected chi connectivity index (χ1v) is 12.9. The molecule has 24 heavy (non-hydrogen) atoms. The number of pyridine rings is 1. The summed E-state index contributed by atoms with van der Waals surface area (Å²) in [6.45, 7) is 10.4. The molecule has 3 aromatic rings. The minimum Gasteiger partial charge on any atom is -0.361 e. The van der Waals surface area contributed by atoms with Gasteiger partial charge in [-0.1, -0.05) is 31.2 Å². The van der Waals surface area contributed by atoms with Crippen LogP contribution < -0.4 is 0 Å². The second-order valence-electron chi connectivity index (χ2n) is 7.13. The molecule has 0 spiro atoms. The van der Waals surface area contributed by atoms with Gasteiger partial charge in [0.2, 0.25) is 0 Å². The van der Waals surface area contributed by atoms with Gasteiger partial charge in [-0.15, -0.1) is 11.3 Å². The van der Waals surface area contributed by atoms with E-state index in [4.69, 9.17) is 16.3 Å². The predicted molar refractivity (Wildman–Crippen MR) is 105 cm³/mol. The fourth-order valence-corrected chi connectivity index (χ4v) is 4.24. The minimum absolute atomic E-state index is 0.485. The predicted octanol–water partition coefficient (Wildman–Crippen LogP) is 5.43. The smallest absolute Gasteiger partial charge is 0.143 e. The van der Waals surface area contributed by atoms with Gasteiger partial charge in [-0.05, 0) is 19.0 Å². The van der Waals surface area contributed by atoms with Gasteiger partial charge in [-0.2, -0.15) is 0 Å². The van der Waals surface area contributed by atoms with E-state index in [9.17, 15) is 0 Å². The Kier molecular flexibility index (Phi) is 5.10. The summed E-state index contributed by atoms with van der Waals surface area (Å²) in [6, 6.07) is 2.98. The molecular formula is C17H22ClN3OSSi. The maximum atomic E-state index is 6.44. The molecule has 0 aromatic carbocycles. The number of nitrogens with zero attached hydrogens (tertiary/aromatic N) is 3. The molecule has 0 aliphatic heterocycles. The number of halogens is 1. The van der Waals surface area contributed by atoms with E-state index in [0.29, 0.717) is 11.8 Å². The molecule has 0 amide bonds. The number of fused-ring (bicyclic) bond motifs is 1. The van der Waals surface area contributed by atoms with Crippen LogP contribution in [0.4, 0.5) is 0 Å². The van der Waals surface area contributed by atoms with E-state index in [1.54, 1.807) is 17.5 Å². The van der Waals surface area contributed by atoms with Crippen molar-refractivity contribution in [2.75, 3.05) is 6.61 Å². The largest absolute Gasteiger partial charge is 0.361 e. The first kappa shape index (κ1) is 17.6. The Labute approximate surface area is 152 Å². The molecule has 0 aliphatic carbocycles. The fourth-order valence-electron chi connectivity index (χ4n) is 2.46. The van der Waals surface area contributed by atoms with Crippen molar-refractivity contribution in [2.24, 2.45) is 0 Å². The Morgan fingerprint density at radius 2 is 2.08 bits per heavy atom. The van der Waals surface area contributed by atoms with E-state index < -0.39 is 8.07 Å². The molecule has 3 aromatic heterocycles. The minimum atomic E-state index is -1.08. The van der Waals surface area contributed by atoms with Crippen LogP contribution in [0, 0.1) is 6.92 Å². The van der Waals surface area contributed by atoms with E-state index in [1.807, 2.05) is 16.8 Å². The Bertz CT molecular complexity index is 853. The normalized spacial score (nSPS) is 12.2. The van der Waals surface area contributed by atoms with E-state index in [0.717, 1.165) is 34.3 Å². The third-order valence-electron chi connectivity index (χ3n) is 3.78. The number of aromatic nitrogens is 3. The van der Waals surface area contributed by atoms with Crippen molar-refractivity contribution in [1.29, 1.82) is 0 Å². The molecule has 0 bridgehead atoms. The molecule has 0 atom stereocenters. The van der Waals surface area contributed by atoms with Crippen molar-refractivity contribution < 1.29 is 4.74 Å². The molecule has 128 valence electrons. The van der Waals surface area contributed by atoms with Gasteiger partial charge in [0.15, 0.2) is 0 Å². The zero-order chi connectivity index (χ0) is 17.3. The van der Waals surface area contributed by atoms with Crippen LogP contribution in [0.15, 0.2) is 24.7 Å². The van der Waals surface area contributed by atoms with Crippen molar-refractivity contribution in [1.82, 2.24) is 14.5 Å². The summed E-state index contributed by atoms with van der Waals surface area (Å²) >= 11 is 8.10. The monoisotopic (exact) mass is 379 g/mol. The van der Waals surface area contributed by atoms with Gasteiger partial charge in [0, 0.05) is 49.1 Å². The SMILES string of the molecule is Cc1cnc(-c2cn(COCC[Si](C)(C)C)c3nccc(Cl)c23)s1. The molecule has 3 heterocycles. The van der Waals surface area contributed by atoms with Crippen molar-refractivity contribution in [3.8, 4) is 10.6 Å². The van der Waals surface area contributed by atoms with Gasteiger partial charge in [-0.3, -0.25) is 0 Å². The number of ether oxygens (including phenoxy) is 1. The highest BCUT2D eigenvalue weighted by molar-refractivity contribution is 7.15. The lowest BCUT2D eigenvalue weighted by Crippen LogP contribution is -2.22. The summed E-state index contributed by atoms with van der Waals surface area (Å²) in [5, 5.41) is 2.61.